The highest BCUT2D eigenvalue weighted by atomic mass is 16.1. The fourth-order valence-electron chi connectivity index (χ4n) is 1.69. The highest BCUT2D eigenvalue weighted by Crippen LogP contribution is 2.25. The lowest BCUT2D eigenvalue weighted by Gasteiger charge is -2.07. The van der Waals surface area contributed by atoms with Crippen molar-refractivity contribution in [1.82, 2.24) is 0 Å². The van der Waals surface area contributed by atoms with E-state index in [4.69, 9.17) is 5.26 Å². The quantitative estimate of drug-likeness (QED) is 0.786. The van der Waals surface area contributed by atoms with Crippen LogP contribution in [0.5, 0.6) is 0 Å². The molecule has 0 spiro atoms. The first-order valence-corrected chi connectivity index (χ1v) is 4.92. The molecule has 0 unspecified atom stereocenters. The third kappa shape index (κ3) is 1.73. The number of nitrogens with zero attached hydrogens (tertiary/aromatic N) is 1. The van der Waals surface area contributed by atoms with Crippen molar-refractivity contribution < 1.29 is 4.79 Å². The molecule has 0 fully saturated rings. The lowest BCUT2D eigenvalue weighted by molar-refractivity contribution is -0.114. The number of carbonyl (C=O) groups is 1. The van der Waals surface area contributed by atoms with Gasteiger partial charge < -0.3 is 5.32 Å². The number of carbonyl (C=O) groups excluding carboxylic acids is 1. The van der Waals surface area contributed by atoms with E-state index in [1.54, 1.807) is 6.07 Å². The lowest BCUT2D eigenvalue weighted by Crippen LogP contribution is -2.07. The van der Waals surface area contributed by atoms with Crippen LogP contribution in [0.1, 0.15) is 12.5 Å². The maximum Gasteiger partial charge on any atom is 0.221 e. The van der Waals surface area contributed by atoms with Crippen molar-refractivity contribution in [3.8, 4) is 6.07 Å². The van der Waals surface area contributed by atoms with Crippen LogP contribution in [0.15, 0.2) is 36.4 Å². The minimum absolute atomic E-state index is 0.174. The molecule has 0 radical (unpaired) electrons. The van der Waals surface area contributed by atoms with E-state index in [1.165, 1.54) is 6.92 Å². The standard InChI is InChI=1S/C13H10N2O/c1-9(16)15-13-7-6-10-4-2-3-5-11(10)12(13)8-14/h2-7H,1H3,(H,15,16). The number of hydrogen-bond donors (Lipinski definition) is 1. The van der Waals surface area contributed by atoms with Crippen molar-refractivity contribution in [2.24, 2.45) is 0 Å². The molecule has 78 valence electrons. The van der Waals surface area contributed by atoms with Crippen LogP contribution in [-0.2, 0) is 4.79 Å². The van der Waals surface area contributed by atoms with Gasteiger partial charge in [0.1, 0.15) is 6.07 Å². The van der Waals surface area contributed by atoms with Gasteiger partial charge in [0, 0.05) is 12.3 Å². The maximum absolute atomic E-state index is 11.0. The summed E-state index contributed by atoms with van der Waals surface area (Å²) in [7, 11) is 0. The van der Waals surface area contributed by atoms with Crippen LogP contribution in [0.2, 0.25) is 0 Å². The Balaban J connectivity index is 2.69. The molecule has 0 bridgehead atoms. The minimum atomic E-state index is -0.174. The summed E-state index contributed by atoms with van der Waals surface area (Å²) in [6, 6.07) is 13.4. The van der Waals surface area contributed by atoms with Gasteiger partial charge in [-0.3, -0.25) is 4.79 Å². The molecule has 0 heterocycles. The summed E-state index contributed by atoms with van der Waals surface area (Å²) in [4.78, 5) is 11.0. The second-order valence-electron chi connectivity index (χ2n) is 3.50. The van der Waals surface area contributed by atoms with E-state index >= 15 is 0 Å². The summed E-state index contributed by atoms with van der Waals surface area (Å²) in [5, 5.41) is 13.6. The number of nitriles is 1. The minimum Gasteiger partial charge on any atom is -0.325 e. The Kier molecular flexibility index (Phi) is 2.57. The molecule has 0 aliphatic rings. The molecular formula is C13H10N2O. The molecule has 2 rings (SSSR count). The van der Waals surface area contributed by atoms with Gasteiger partial charge in [0.15, 0.2) is 0 Å². The van der Waals surface area contributed by atoms with Gasteiger partial charge in [-0.2, -0.15) is 5.26 Å². The lowest BCUT2D eigenvalue weighted by atomic mass is 10.0. The molecule has 3 heteroatoms. The van der Waals surface area contributed by atoms with Crippen LogP contribution >= 0.6 is 0 Å². The van der Waals surface area contributed by atoms with E-state index in [-0.39, 0.29) is 5.91 Å². The smallest absolute Gasteiger partial charge is 0.221 e. The number of fused-ring (bicyclic) bond motifs is 1. The topological polar surface area (TPSA) is 52.9 Å². The average Bonchev–Trinajstić information content (AvgIpc) is 2.28. The number of benzene rings is 2. The van der Waals surface area contributed by atoms with Crippen molar-refractivity contribution >= 4 is 22.4 Å². The summed E-state index contributed by atoms with van der Waals surface area (Å²) in [5.74, 6) is -0.174. The second kappa shape index (κ2) is 4.03. The van der Waals surface area contributed by atoms with Gasteiger partial charge in [-0.05, 0) is 11.5 Å². The van der Waals surface area contributed by atoms with Crippen LogP contribution in [-0.4, -0.2) is 5.91 Å². The Labute approximate surface area is 93.3 Å². The van der Waals surface area contributed by atoms with Gasteiger partial charge in [-0.15, -0.1) is 0 Å². The van der Waals surface area contributed by atoms with Gasteiger partial charge in [0.2, 0.25) is 5.91 Å². The Morgan fingerprint density at radius 2 is 2.00 bits per heavy atom. The maximum atomic E-state index is 11.0. The van der Waals surface area contributed by atoms with E-state index in [2.05, 4.69) is 11.4 Å². The zero-order valence-corrected chi connectivity index (χ0v) is 8.82. The average molecular weight is 210 g/mol. The Hall–Kier alpha value is -2.34. The van der Waals surface area contributed by atoms with Gasteiger partial charge in [-0.25, -0.2) is 0 Å². The SMILES string of the molecule is CC(=O)Nc1ccc2ccccc2c1C#N. The van der Waals surface area contributed by atoms with Crippen LogP contribution in [0.3, 0.4) is 0 Å². The zero-order valence-electron chi connectivity index (χ0n) is 8.82. The van der Waals surface area contributed by atoms with Gasteiger partial charge in [0.05, 0.1) is 11.3 Å². The third-order valence-corrected chi connectivity index (χ3v) is 2.35. The second-order valence-corrected chi connectivity index (χ2v) is 3.50. The van der Waals surface area contributed by atoms with Crippen molar-refractivity contribution in [2.45, 2.75) is 6.92 Å². The van der Waals surface area contributed by atoms with Crippen molar-refractivity contribution in [2.75, 3.05) is 5.32 Å². The Bertz CT molecular complexity index is 596. The van der Waals surface area contributed by atoms with E-state index in [0.717, 1.165) is 10.8 Å². The van der Waals surface area contributed by atoms with Crippen LogP contribution in [0.4, 0.5) is 5.69 Å². The van der Waals surface area contributed by atoms with E-state index < -0.39 is 0 Å². The normalized spacial score (nSPS) is 9.75. The first-order chi connectivity index (χ1) is 7.72. The summed E-state index contributed by atoms with van der Waals surface area (Å²) in [5.41, 5.74) is 1.07. The first kappa shape index (κ1) is 10.2. The molecule has 0 atom stereocenters. The van der Waals surface area contributed by atoms with Crippen LogP contribution < -0.4 is 5.32 Å². The molecule has 2 aromatic rings. The molecule has 0 aliphatic heterocycles. The van der Waals surface area contributed by atoms with Gasteiger partial charge in [0.25, 0.3) is 0 Å². The highest BCUT2D eigenvalue weighted by molar-refractivity contribution is 5.98. The summed E-state index contributed by atoms with van der Waals surface area (Å²) in [6.45, 7) is 1.43. The van der Waals surface area contributed by atoms with E-state index in [0.29, 0.717) is 11.3 Å². The largest absolute Gasteiger partial charge is 0.325 e. The number of rotatable bonds is 1. The molecule has 0 saturated carbocycles. The van der Waals surface area contributed by atoms with E-state index in [1.807, 2.05) is 30.3 Å². The molecule has 0 aliphatic carbocycles. The third-order valence-electron chi connectivity index (χ3n) is 2.35. The van der Waals surface area contributed by atoms with Crippen molar-refractivity contribution in [3.63, 3.8) is 0 Å². The predicted molar refractivity (Wildman–Crippen MR) is 63.0 cm³/mol. The fourth-order valence-corrected chi connectivity index (χ4v) is 1.69. The first-order valence-electron chi connectivity index (χ1n) is 4.92. The summed E-state index contributed by atoms with van der Waals surface area (Å²) in [6.07, 6.45) is 0. The van der Waals surface area contributed by atoms with Crippen LogP contribution in [0, 0.1) is 11.3 Å². The summed E-state index contributed by atoms with van der Waals surface area (Å²) < 4.78 is 0. The molecule has 2 aromatic carbocycles. The van der Waals surface area contributed by atoms with Gasteiger partial charge >= 0.3 is 0 Å². The molecule has 3 nitrogen and oxygen atoms in total. The Morgan fingerprint density at radius 3 is 2.69 bits per heavy atom. The van der Waals surface area contributed by atoms with Crippen molar-refractivity contribution in [1.29, 1.82) is 5.26 Å². The Morgan fingerprint density at radius 1 is 1.25 bits per heavy atom. The molecule has 16 heavy (non-hydrogen) atoms. The predicted octanol–water partition coefficient (Wildman–Crippen LogP) is 2.67. The number of hydrogen-bond acceptors (Lipinski definition) is 2. The molecule has 1 amide bonds. The highest BCUT2D eigenvalue weighted by Gasteiger charge is 2.07. The van der Waals surface area contributed by atoms with Crippen LogP contribution in [0.25, 0.3) is 10.8 Å². The molecule has 1 N–H and O–H groups in total. The fraction of sp³-hybridized carbons (Fsp3) is 0.0769. The number of anilines is 1. The monoisotopic (exact) mass is 210 g/mol. The molecule has 0 aromatic heterocycles. The number of amides is 1. The molecular weight excluding hydrogens is 200 g/mol. The van der Waals surface area contributed by atoms with E-state index in [9.17, 15) is 4.79 Å². The summed E-state index contributed by atoms with van der Waals surface area (Å²) >= 11 is 0. The number of nitrogens with one attached hydrogen (secondary N) is 1. The zero-order chi connectivity index (χ0) is 11.5. The van der Waals surface area contributed by atoms with Crippen molar-refractivity contribution in [3.05, 3.63) is 42.0 Å². The van der Waals surface area contributed by atoms with Gasteiger partial charge in [-0.1, -0.05) is 30.3 Å². The molecule has 0 saturated heterocycles.